The molecule has 2 N–H and O–H groups in total. The Kier molecular flexibility index (Phi) is 4.62. The minimum Gasteiger partial charge on any atom is -0.358 e. The molecule has 0 unspecified atom stereocenters. The summed E-state index contributed by atoms with van der Waals surface area (Å²) in [6, 6.07) is 15.6. The fourth-order valence-electron chi connectivity index (χ4n) is 3.65. The number of carbonyl (C=O) groups is 2. The SMILES string of the molecule is Cc1[nH]c2ccccc2c1C(=O)CSCC(=O)c1c(C)[nH]c2ccccc12. The average molecular weight is 376 g/mol. The molecule has 0 saturated carbocycles. The van der Waals surface area contributed by atoms with Crippen LogP contribution < -0.4 is 0 Å². The number of aryl methyl sites for hydroxylation is 2. The number of carbonyl (C=O) groups excluding carboxylic acids is 2. The van der Waals surface area contributed by atoms with Crippen molar-refractivity contribution in [3.05, 3.63) is 71.0 Å². The van der Waals surface area contributed by atoms with Crippen LogP contribution in [0.2, 0.25) is 0 Å². The van der Waals surface area contributed by atoms with Gasteiger partial charge in [0.25, 0.3) is 0 Å². The predicted octanol–water partition coefficient (Wildman–Crippen LogP) is 5.06. The Morgan fingerprint density at radius 2 is 1.15 bits per heavy atom. The molecule has 0 saturated heterocycles. The molecule has 2 heterocycles. The number of benzene rings is 2. The smallest absolute Gasteiger partial charge is 0.175 e. The van der Waals surface area contributed by atoms with E-state index in [-0.39, 0.29) is 23.1 Å². The molecule has 2 aromatic heterocycles. The third kappa shape index (κ3) is 3.19. The molecular formula is C22H20N2O2S. The van der Waals surface area contributed by atoms with Gasteiger partial charge in [-0.05, 0) is 26.0 Å². The summed E-state index contributed by atoms with van der Waals surface area (Å²) in [4.78, 5) is 32.0. The lowest BCUT2D eigenvalue weighted by Crippen LogP contribution is -2.09. The molecule has 0 spiro atoms. The highest BCUT2D eigenvalue weighted by Crippen LogP contribution is 2.25. The van der Waals surface area contributed by atoms with E-state index >= 15 is 0 Å². The van der Waals surface area contributed by atoms with Crippen LogP contribution in [-0.4, -0.2) is 33.0 Å². The first-order valence-electron chi connectivity index (χ1n) is 8.85. The van der Waals surface area contributed by atoms with Gasteiger partial charge in [0.15, 0.2) is 11.6 Å². The zero-order chi connectivity index (χ0) is 19.0. The summed E-state index contributed by atoms with van der Waals surface area (Å²) in [5.74, 6) is 0.683. The normalized spacial score (nSPS) is 11.3. The molecule has 4 rings (SSSR count). The minimum absolute atomic E-state index is 0.0541. The summed E-state index contributed by atoms with van der Waals surface area (Å²) in [5.41, 5.74) is 5.14. The number of H-pyrrole nitrogens is 2. The second-order valence-corrected chi connectivity index (χ2v) is 7.67. The van der Waals surface area contributed by atoms with E-state index in [1.807, 2.05) is 62.4 Å². The summed E-state index contributed by atoms with van der Waals surface area (Å²) >= 11 is 1.37. The van der Waals surface area contributed by atoms with Gasteiger partial charge in [-0.15, -0.1) is 11.8 Å². The van der Waals surface area contributed by atoms with Crippen molar-refractivity contribution in [1.82, 2.24) is 9.97 Å². The number of aromatic nitrogens is 2. The van der Waals surface area contributed by atoms with Crippen LogP contribution >= 0.6 is 11.8 Å². The highest BCUT2D eigenvalue weighted by atomic mass is 32.2. The van der Waals surface area contributed by atoms with Gasteiger partial charge in [-0.1, -0.05) is 36.4 Å². The number of thioether (sulfide) groups is 1. The highest BCUT2D eigenvalue weighted by Gasteiger charge is 2.18. The van der Waals surface area contributed by atoms with Crippen LogP contribution in [0.5, 0.6) is 0 Å². The first-order chi connectivity index (χ1) is 13.1. The monoisotopic (exact) mass is 376 g/mol. The minimum atomic E-state index is 0.0541. The van der Waals surface area contributed by atoms with E-state index in [1.54, 1.807) is 0 Å². The van der Waals surface area contributed by atoms with Crippen molar-refractivity contribution in [3.63, 3.8) is 0 Å². The topological polar surface area (TPSA) is 65.7 Å². The van der Waals surface area contributed by atoms with Crippen molar-refractivity contribution in [2.45, 2.75) is 13.8 Å². The van der Waals surface area contributed by atoms with Gasteiger partial charge in [0.1, 0.15) is 0 Å². The molecular weight excluding hydrogens is 356 g/mol. The number of aromatic amines is 2. The molecule has 0 amide bonds. The average Bonchev–Trinajstić information content (AvgIpc) is 3.16. The standard InChI is InChI=1S/C22H20N2O2S/c1-13-21(15-7-3-5-9-17(15)23-13)19(25)11-27-12-20(26)22-14(2)24-18-10-6-4-8-16(18)22/h3-10,23-24H,11-12H2,1-2H3. The van der Waals surface area contributed by atoms with Crippen molar-refractivity contribution < 1.29 is 9.59 Å². The third-order valence-electron chi connectivity index (χ3n) is 4.81. The zero-order valence-corrected chi connectivity index (χ0v) is 16.1. The van der Waals surface area contributed by atoms with E-state index in [1.165, 1.54) is 11.8 Å². The number of fused-ring (bicyclic) bond motifs is 2. The largest absolute Gasteiger partial charge is 0.358 e. The number of hydrogen-bond donors (Lipinski definition) is 2. The first kappa shape index (κ1) is 17.6. The van der Waals surface area contributed by atoms with Crippen molar-refractivity contribution in [2.75, 3.05) is 11.5 Å². The van der Waals surface area contributed by atoms with E-state index in [0.717, 1.165) is 44.3 Å². The van der Waals surface area contributed by atoms with Gasteiger partial charge in [-0.3, -0.25) is 9.59 Å². The lowest BCUT2D eigenvalue weighted by atomic mass is 10.1. The maximum atomic E-state index is 12.7. The molecule has 0 aliphatic heterocycles. The van der Waals surface area contributed by atoms with E-state index in [2.05, 4.69) is 9.97 Å². The van der Waals surface area contributed by atoms with Crippen LogP contribution in [0.3, 0.4) is 0 Å². The predicted molar refractivity (Wildman–Crippen MR) is 112 cm³/mol. The van der Waals surface area contributed by atoms with Crippen LogP contribution in [0, 0.1) is 13.8 Å². The fraction of sp³-hybridized carbons (Fsp3) is 0.182. The van der Waals surface area contributed by atoms with Gasteiger partial charge in [-0.2, -0.15) is 0 Å². The van der Waals surface area contributed by atoms with Crippen molar-refractivity contribution in [1.29, 1.82) is 0 Å². The van der Waals surface area contributed by atoms with Crippen LogP contribution in [0.25, 0.3) is 21.8 Å². The van der Waals surface area contributed by atoms with Gasteiger partial charge in [0.2, 0.25) is 0 Å². The molecule has 136 valence electrons. The highest BCUT2D eigenvalue weighted by molar-refractivity contribution is 8.00. The quantitative estimate of drug-likeness (QED) is 0.462. The molecule has 2 aromatic carbocycles. The van der Waals surface area contributed by atoms with Crippen LogP contribution in [0.4, 0.5) is 0 Å². The molecule has 4 nitrogen and oxygen atoms in total. The number of rotatable bonds is 6. The van der Waals surface area contributed by atoms with Crippen LogP contribution in [-0.2, 0) is 0 Å². The van der Waals surface area contributed by atoms with Gasteiger partial charge in [0.05, 0.1) is 11.5 Å². The molecule has 0 aliphatic carbocycles. The Hall–Kier alpha value is -2.79. The molecule has 4 aromatic rings. The summed E-state index contributed by atoms with van der Waals surface area (Å²) in [7, 11) is 0. The second kappa shape index (κ2) is 7.08. The number of ketones is 2. The molecule has 27 heavy (non-hydrogen) atoms. The van der Waals surface area contributed by atoms with Gasteiger partial charge in [-0.25, -0.2) is 0 Å². The number of Topliss-reactive ketones (excluding diaryl/α,β-unsaturated/α-hetero) is 2. The maximum absolute atomic E-state index is 12.7. The first-order valence-corrected chi connectivity index (χ1v) is 10.0. The Morgan fingerprint density at radius 3 is 1.59 bits per heavy atom. The molecule has 0 atom stereocenters. The van der Waals surface area contributed by atoms with E-state index in [0.29, 0.717) is 0 Å². The van der Waals surface area contributed by atoms with Crippen LogP contribution in [0.15, 0.2) is 48.5 Å². The number of nitrogens with one attached hydrogen (secondary N) is 2. The molecule has 0 fully saturated rings. The Bertz CT molecular complexity index is 1080. The number of para-hydroxylation sites is 2. The summed E-state index contributed by atoms with van der Waals surface area (Å²) in [6.45, 7) is 3.83. The molecule has 0 radical (unpaired) electrons. The Labute approximate surface area is 161 Å². The summed E-state index contributed by atoms with van der Waals surface area (Å²) < 4.78 is 0. The lowest BCUT2D eigenvalue weighted by molar-refractivity contribution is 0.102. The summed E-state index contributed by atoms with van der Waals surface area (Å²) in [6.07, 6.45) is 0. The second-order valence-electron chi connectivity index (χ2n) is 6.68. The van der Waals surface area contributed by atoms with Gasteiger partial charge >= 0.3 is 0 Å². The lowest BCUT2D eigenvalue weighted by Gasteiger charge is -2.03. The summed E-state index contributed by atoms with van der Waals surface area (Å²) in [5, 5.41) is 1.89. The molecule has 5 heteroatoms. The Morgan fingerprint density at radius 1 is 0.741 bits per heavy atom. The Balaban J connectivity index is 1.47. The van der Waals surface area contributed by atoms with Crippen molar-refractivity contribution in [2.24, 2.45) is 0 Å². The van der Waals surface area contributed by atoms with E-state index in [9.17, 15) is 9.59 Å². The van der Waals surface area contributed by atoms with E-state index < -0.39 is 0 Å². The fourth-order valence-corrected chi connectivity index (χ4v) is 4.41. The van der Waals surface area contributed by atoms with E-state index in [4.69, 9.17) is 0 Å². The zero-order valence-electron chi connectivity index (χ0n) is 15.3. The van der Waals surface area contributed by atoms with Crippen molar-refractivity contribution >= 4 is 45.1 Å². The van der Waals surface area contributed by atoms with Gasteiger partial charge in [0, 0.05) is 44.3 Å². The maximum Gasteiger partial charge on any atom is 0.175 e. The van der Waals surface area contributed by atoms with Crippen molar-refractivity contribution in [3.8, 4) is 0 Å². The third-order valence-corrected chi connectivity index (χ3v) is 5.74. The number of hydrogen-bond acceptors (Lipinski definition) is 3. The molecule has 0 bridgehead atoms. The van der Waals surface area contributed by atoms with Gasteiger partial charge < -0.3 is 9.97 Å². The van der Waals surface area contributed by atoms with Crippen LogP contribution in [0.1, 0.15) is 32.1 Å². The molecule has 0 aliphatic rings.